The number of nitrogens with two attached hydrogens (primary N) is 1. The molecule has 1 aliphatic rings. The van der Waals surface area contributed by atoms with Crippen molar-refractivity contribution in [1.29, 1.82) is 0 Å². The van der Waals surface area contributed by atoms with E-state index < -0.39 is 36.7 Å². The number of rotatable bonds is 4. The van der Waals surface area contributed by atoms with Crippen LogP contribution in [0.1, 0.15) is 24.5 Å². The number of hydrogen-bond acceptors (Lipinski definition) is 3. The monoisotopic (exact) mass is 345 g/mol. The van der Waals surface area contributed by atoms with E-state index in [1.54, 1.807) is 18.2 Å². The number of nitrogens with one attached hydrogen (secondary N) is 1. The Morgan fingerprint density at radius 1 is 1.43 bits per heavy atom. The number of alkyl halides is 2. The van der Waals surface area contributed by atoms with E-state index in [1.165, 1.54) is 6.92 Å². The van der Waals surface area contributed by atoms with Crippen LogP contribution < -0.4 is 11.1 Å². The fourth-order valence-electron chi connectivity index (χ4n) is 2.64. The molecule has 2 amide bonds. The number of carbonyl (C=O) groups excluding carboxylic acids is 2. The van der Waals surface area contributed by atoms with Gasteiger partial charge in [-0.05, 0) is 23.3 Å². The first-order chi connectivity index (χ1) is 10.7. The summed E-state index contributed by atoms with van der Waals surface area (Å²) in [5.41, 5.74) is 7.13. The Morgan fingerprint density at radius 2 is 2.13 bits per heavy atom. The number of carbonyl (C=O) groups is 2. The Kier molecular flexibility index (Phi) is 5.21. The minimum Gasteiger partial charge on any atom is -0.350 e. The van der Waals surface area contributed by atoms with Crippen LogP contribution in [-0.4, -0.2) is 35.2 Å². The summed E-state index contributed by atoms with van der Waals surface area (Å²) in [4.78, 5) is 24.5. The van der Waals surface area contributed by atoms with Gasteiger partial charge in [0.1, 0.15) is 6.04 Å². The van der Waals surface area contributed by atoms with E-state index >= 15 is 0 Å². The minimum atomic E-state index is -3.05. The molecule has 1 heterocycles. The highest BCUT2D eigenvalue weighted by Crippen LogP contribution is 2.32. The number of likely N-dealkylation sites (tertiary alicyclic amines) is 1. The summed E-state index contributed by atoms with van der Waals surface area (Å²) in [6, 6.07) is 3.93. The van der Waals surface area contributed by atoms with Crippen LogP contribution in [-0.2, 0) is 22.7 Å². The summed E-state index contributed by atoms with van der Waals surface area (Å²) >= 11 is 5.91. The van der Waals surface area contributed by atoms with Crippen LogP contribution in [0, 0.1) is 0 Å². The van der Waals surface area contributed by atoms with Crippen LogP contribution in [0.5, 0.6) is 0 Å². The molecule has 8 heteroatoms. The third kappa shape index (κ3) is 4.17. The zero-order valence-electron chi connectivity index (χ0n) is 12.6. The van der Waals surface area contributed by atoms with E-state index in [0.29, 0.717) is 10.6 Å². The van der Waals surface area contributed by atoms with Crippen LogP contribution in [0.25, 0.3) is 0 Å². The Balaban J connectivity index is 2.07. The van der Waals surface area contributed by atoms with E-state index in [4.69, 9.17) is 17.3 Å². The maximum atomic E-state index is 13.5. The van der Waals surface area contributed by atoms with Gasteiger partial charge < -0.3 is 16.0 Å². The quantitative estimate of drug-likeness (QED) is 0.871. The van der Waals surface area contributed by atoms with Gasteiger partial charge in [0.25, 0.3) is 5.92 Å². The standard InChI is InChI=1S/C15H18ClF2N3O2/c1-9(22)21-8-15(17,18)5-13(21)14(23)20-7-11-4-12(16)3-2-10(11)6-19/h2-4,13H,5-8,19H2,1H3,(H,20,23). The number of benzene rings is 1. The van der Waals surface area contributed by atoms with Crippen molar-refractivity contribution in [2.45, 2.75) is 38.4 Å². The van der Waals surface area contributed by atoms with Crippen LogP contribution in [0.15, 0.2) is 18.2 Å². The molecule has 1 aromatic rings. The van der Waals surface area contributed by atoms with Gasteiger partial charge in [-0.1, -0.05) is 17.7 Å². The van der Waals surface area contributed by atoms with Gasteiger partial charge in [0.15, 0.2) is 0 Å². The highest BCUT2D eigenvalue weighted by Gasteiger charge is 2.49. The fourth-order valence-corrected chi connectivity index (χ4v) is 2.84. The summed E-state index contributed by atoms with van der Waals surface area (Å²) < 4.78 is 27.0. The summed E-state index contributed by atoms with van der Waals surface area (Å²) in [5.74, 6) is -4.21. The lowest BCUT2D eigenvalue weighted by Crippen LogP contribution is -2.45. The average Bonchev–Trinajstić information content (AvgIpc) is 2.81. The number of hydrogen-bond donors (Lipinski definition) is 2. The molecule has 0 radical (unpaired) electrons. The molecule has 0 saturated carbocycles. The maximum absolute atomic E-state index is 13.5. The second-order valence-corrected chi connectivity index (χ2v) is 5.99. The lowest BCUT2D eigenvalue weighted by atomic mass is 10.1. The molecule has 1 saturated heterocycles. The molecule has 0 aromatic heterocycles. The lowest BCUT2D eigenvalue weighted by Gasteiger charge is -2.21. The van der Waals surface area contributed by atoms with Gasteiger partial charge in [0.05, 0.1) is 6.54 Å². The first kappa shape index (κ1) is 17.6. The summed E-state index contributed by atoms with van der Waals surface area (Å²) in [6.07, 6.45) is -0.669. The molecule has 5 nitrogen and oxygen atoms in total. The Morgan fingerprint density at radius 3 is 2.74 bits per heavy atom. The second-order valence-electron chi connectivity index (χ2n) is 5.56. The Bertz CT molecular complexity index is 625. The predicted octanol–water partition coefficient (Wildman–Crippen LogP) is 1.67. The van der Waals surface area contributed by atoms with Crippen molar-refractivity contribution in [3.05, 3.63) is 34.3 Å². The third-order valence-corrected chi connectivity index (χ3v) is 4.05. The summed E-state index contributed by atoms with van der Waals surface area (Å²) in [7, 11) is 0. The van der Waals surface area contributed by atoms with Gasteiger partial charge in [-0.3, -0.25) is 9.59 Å². The molecule has 1 unspecified atom stereocenters. The molecule has 126 valence electrons. The molecule has 0 bridgehead atoms. The van der Waals surface area contributed by atoms with Gasteiger partial charge in [-0.15, -0.1) is 0 Å². The molecule has 3 N–H and O–H groups in total. The molecule has 2 rings (SSSR count). The van der Waals surface area contributed by atoms with E-state index in [0.717, 1.165) is 10.5 Å². The SMILES string of the molecule is CC(=O)N1CC(F)(F)CC1C(=O)NCc1cc(Cl)ccc1CN. The van der Waals surface area contributed by atoms with E-state index in [-0.39, 0.29) is 13.1 Å². The summed E-state index contributed by atoms with van der Waals surface area (Å²) in [6.45, 7) is 0.819. The normalized spacial score (nSPS) is 19.7. The van der Waals surface area contributed by atoms with Crippen molar-refractivity contribution in [2.24, 2.45) is 5.73 Å². The van der Waals surface area contributed by atoms with Gasteiger partial charge in [-0.25, -0.2) is 8.78 Å². The summed E-state index contributed by atoms with van der Waals surface area (Å²) in [5, 5.41) is 3.08. The molecule has 1 aliphatic heterocycles. The molecule has 0 aliphatic carbocycles. The van der Waals surface area contributed by atoms with Gasteiger partial charge in [0, 0.05) is 31.5 Å². The molecule has 23 heavy (non-hydrogen) atoms. The molecule has 1 aromatic carbocycles. The number of nitrogens with zero attached hydrogens (tertiary/aromatic N) is 1. The van der Waals surface area contributed by atoms with Crippen molar-refractivity contribution in [3.8, 4) is 0 Å². The minimum absolute atomic E-state index is 0.111. The fraction of sp³-hybridized carbons (Fsp3) is 0.467. The highest BCUT2D eigenvalue weighted by molar-refractivity contribution is 6.30. The Hall–Kier alpha value is -1.73. The average molecular weight is 346 g/mol. The maximum Gasteiger partial charge on any atom is 0.267 e. The van der Waals surface area contributed by atoms with E-state index in [9.17, 15) is 18.4 Å². The lowest BCUT2D eigenvalue weighted by molar-refractivity contribution is -0.137. The first-order valence-corrected chi connectivity index (χ1v) is 7.51. The van der Waals surface area contributed by atoms with Crippen molar-refractivity contribution < 1.29 is 18.4 Å². The van der Waals surface area contributed by atoms with Crippen molar-refractivity contribution in [1.82, 2.24) is 10.2 Å². The highest BCUT2D eigenvalue weighted by atomic mass is 35.5. The molecule has 1 atom stereocenters. The van der Waals surface area contributed by atoms with Crippen LogP contribution in [0.4, 0.5) is 8.78 Å². The van der Waals surface area contributed by atoms with Crippen LogP contribution >= 0.6 is 11.6 Å². The zero-order chi connectivity index (χ0) is 17.2. The molecular formula is C15H18ClF2N3O2. The number of amides is 2. The smallest absolute Gasteiger partial charge is 0.267 e. The van der Waals surface area contributed by atoms with Crippen LogP contribution in [0.3, 0.4) is 0 Å². The van der Waals surface area contributed by atoms with Crippen molar-refractivity contribution >= 4 is 23.4 Å². The zero-order valence-corrected chi connectivity index (χ0v) is 13.4. The van der Waals surface area contributed by atoms with Crippen LogP contribution in [0.2, 0.25) is 5.02 Å². The van der Waals surface area contributed by atoms with Crippen molar-refractivity contribution in [2.75, 3.05) is 6.54 Å². The largest absolute Gasteiger partial charge is 0.350 e. The predicted molar refractivity (Wildman–Crippen MR) is 81.9 cm³/mol. The molecular weight excluding hydrogens is 328 g/mol. The molecule has 1 fully saturated rings. The Labute approximate surface area is 137 Å². The van der Waals surface area contributed by atoms with Crippen molar-refractivity contribution in [3.63, 3.8) is 0 Å². The van der Waals surface area contributed by atoms with Gasteiger partial charge in [-0.2, -0.15) is 0 Å². The second kappa shape index (κ2) is 6.80. The van der Waals surface area contributed by atoms with E-state index in [2.05, 4.69) is 5.32 Å². The first-order valence-electron chi connectivity index (χ1n) is 7.13. The van der Waals surface area contributed by atoms with E-state index in [1.807, 2.05) is 0 Å². The molecule has 0 spiro atoms. The third-order valence-electron chi connectivity index (χ3n) is 3.82. The van der Waals surface area contributed by atoms with Gasteiger partial charge in [0.2, 0.25) is 11.8 Å². The topological polar surface area (TPSA) is 75.4 Å². The van der Waals surface area contributed by atoms with Gasteiger partial charge >= 0.3 is 0 Å². The number of halogens is 3.